The number of aliphatic carboxylic acids is 1. The van der Waals surface area contributed by atoms with Gasteiger partial charge >= 0.3 is 5.97 Å². The molecule has 1 heterocycles. The Morgan fingerprint density at radius 3 is 2.78 bits per heavy atom. The summed E-state index contributed by atoms with van der Waals surface area (Å²) in [6.45, 7) is 1.63. The van der Waals surface area contributed by atoms with Crippen LogP contribution >= 0.6 is 0 Å². The van der Waals surface area contributed by atoms with Crippen molar-refractivity contribution < 1.29 is 14.7 Å². The molecule has 1 saturated heterocycles. The number of benzene rings is 1. The van der Waals surface area contributed by atoms with Gasteiger partial charge < -0.3 is 5.11 Å². The van der Waals surface area contributed by atoms with Crippen LogP contribution in [0.25, 0.3) is 0 Å². The third kappa shape index (κ3) is 2.26. The van der Waals surface area contributed by atoms with Crippen molar-refractivity contribution in [1.82, 2.24) is 5.06 Å². The smallest absolute Gasteiger partial charge is 0.306 e. The van der Waals surface area contributed by atoms with Crippen LogP contribution in [0.3, 0.4) is 0 Å². The predicted octanol–water partition coefficient (Wildman–Crippen LogP) is 1.91. The Bertz CT molecular complexity index is 420. The Kier molecular flexibility index (Phi) is 3.06. The zero-order chi connectivity index (χ0) is 12.5. The molecule has 0 amide bonds. The molecule has 3 rings (SSSR count). The first-order valence-electron chi connectivity index (χ1n) is 6.41. The highest BCUT2D eigenvalue weighted by Gasteiger charge is 2.44. The Hall–Kier alpha value is -1.39. The van der Waals surface area contributed by atoms with E-state index in [2.05, 4.69) is 12.1 Å². The van der Waals surface area contributed by atoms with Gasteiger partial charge in [-0.2, -0.15) is 5.06 Å². The van der Waals surface area contributed by atoms with Gasteiger partial charge in [0, 0.05) is 19.0 Å². The van der Waals surface area contributed by atoms with Crippen LogP contribution in [0.1, 0.15) is 18.4 Å². The van der Waals surface area contributed by atoms with E-state index in [-0.39, 0.29) is 12.0 Å². The van der Waals surface area contributed by atoms with Crippen LogP contribution in [0.4, 0.5) is 0 Å². The van der Waals surface area contributed by atoms with E-state index >= 15 is 0 Å². The van der Waals surface area contributed by atoms with Crippen LogP contribution in [0.5, 0.6) is 0 Å². The summed E-state index contributed by atoms with van der Waals surface area (Å²) < 4.78 is 0. The van der Waals surface area contributed by atoms with Gasteiger partial charge in [0.05, 0.1) is 12.0 Å². The SMILES string of the molecule is O=C(O)[C@H]1C[C@@H]2CN(Cc3ccccc3)O[C@@H]2C1. The van der Waals surface area contributed by atoms with Crippen LogP contribution < -0.4 is 0 Å². The zero-order valence-corrected chi connectivity index (χ0v) is 10.2. The monoisotopic (exact) mass is 247 g/mol. The van der Waals surface area contributed by atoms with E-state index in [1.807, 2.05) is 23.3 Å². The number of carboxylic acids is 1. The number of hydrogen-bond acceptors (Lipinski definition) is 3. The van der Waals surface area contributed by atoms with Crippen LogP contribution in [-0.4, -0.2) is 28.8 Å². The maximum absolute atomic E-state index is 10.9. The van der Waals surface area contributed by atoms with Crippen molar-refractivity contribution in [3.8, 4) is 0 Å². The maximum atomic E-state index is 10.9. The number of nitrogens with zero attached hydrogens (tertiary/aromatic N) is 1. The number of hydroxylamine groups is 2. The highest BCUT2D eigenvalue weighted by atomic mass is 16.7. The van der Waals surface area contributed by atoms with E-state index in [4.69, 9.17) is 9.94 Å². The first-order chi connectivity index (χ1) is 8.72. The van der Waals surface area contributed by atoms with E-state index < -0.39 is 5.97 Å². The molecular weight excluding hydrogens is 230 g/mol. The molecule has 1 saturated carbocycles. The number of carbonyl (C=O) groups is 1. The molecule has 3 atom stereocenters. The van der Waals surface area contributed by atoms with Crippen molar-refractivity contribution in [1.29, 1.82) is 0 Å². The summed E-state index contributed by atoms with van der Waals surface area (Å²) in [6.07, 6.45) is 1.52. The maximum Gasteiger partial charge on any atom is 0.306 e. The molecule has 0 aromatic heterocycles. The lowest BCUT2D eigenvalue weighted by atomic mass is 10.1. The Morgan fingerprint density at radius 2 is 2.11 bits per heavy atom. The summed E-state index contributed by atoms with van der Waals surface area (Å²) in [4.78, 5) is 16.8. The molecule has 1 N–H and O–H groups in total. The molecule has 0 radical (unpaired) electrons. The van der Waals surface area contributed by atoms with Crippen LogP contribution in [0.2, 0.25) is 0 Å². The van der Waals surface area contributed by atoms with Gasteiger partial charge in [0.1, 0.15) is 0 Å². The highest BCUT2D eigenvalue weighted by Crippen LogP contribution is 2.39. The molecule has 18 heavy (non-hydrogen) atoms. The van der Waals surface area contributed by atoms with Crippen molar-refractivity contribution in [3.63, 3.8) is 0 Å². The minimum atomic E-state index is -0.678. The van der Waals surface area contributed by atoms with E-state index in [0.717, 1.165) is 19.5 Å². The summed E-state index contributed by atoms with van der Waals surface area (Å²) in [5.74, 6) is -0.503. The number of rotatable bonds is 3. The average molecular weight is 247 g/mol. The van der Waals surface area contributed by atoms with Gasteiger partial charge in [0.25, 0.3) is 0 Å². The van der Waals surface area contributed by atoms with Crippen molar-refractivity contribution >= 4 is 5.97 Å². The second kappa shape index (κ2) is 4.71. The van der Waals surface area contributed by atoms with Gasteiger partial charge in [0.15, 0.2) is 0 Å². The second-order valence-electron chi connectivity index (χ2n) is 5.22. The van der Waals surface area contributed by atoms with E-state index in [9.17, 15) is 4.79 Å². The normalized spacial score (nSPS) is 31.4. The van der Waals surface area contributed by atoms with Crippen LogP contribution in [-0.2, 0) is 16.2 Å². The summed E-state index contributed by atoms with van der Waals surface area (Å²) in [5, 5.41) is 11.0. The lowest BCUT2D eigenvalue weighted by Crippen LogP contribution is -2.22. The summed E-state index contributed by atoms with van der Waals surface area (Å²) in [7, 11) is 0. The molecule has 0 unspecified atom stereocenters. The van der Waals surface area contributed by atoms with Gasteiger partial charge in [-0.25, -0.2) is 0 Å². The summed E-state index contributed by atoms with van der Waals surface area (Å²) in [5.41, 5.74) is 1.23. The molecule has 4 nitrogen and oxygen atoms in total. The van der Waals surface area contributed by atoms with E-state index in [1.54, 1.807) is 0 Å². The summed E-state index contributed by atoms with van der Waals surface area (Å²) in [6, 6.07) is 10.2. The number of fused-ring (bicyclic) bond motifs is 1. The van der Waals surface area contributed by atoms with Crippen molar-refractivity contribution in [2.24, 2.45) is 11.8 Å². The quantitative estimate of drug-likeness (QED) is 0.886. The second-order valence-corrected chi connectivity index (χ2v) is 5.22. The molecule has 1 aliphatic heterocycles. The fraction of sp³-hybridized carbons (Fsp3) is 0.500. The van der Waals surface area contributed by atoms with E-state index in [0.29, 0.717) is 12.3 Å². The molecule has 4 heteroatoms. The van der Waals surface area contributed by atoms with Crippen LogP contribution in [0.15, 0.2) is 30.3 Å². The molecule has 2 fully saturated rings. The van der Waals surface area contributed by atoms with Crippen molar-refractivity contribution in [2.45, 2.75) is 25.5 Å². The molecule has 0 bridgehead atoms. The van der Waals surface area contributed by atoms with Gasteiger partial charge in [0.2, 0.25) is 0 Å². The predicted molar refractivity (Wildman–Crippen MR) is 65.6 cm³/mol. The molecule has 0 spiro atoms. The minimum absolute atomic E-state index is 0.106. The highest BCUT2D eigenvalue weighted by molar-refractivity contribution is 5.70. The van der Waals surface area contributed by atoms with Crippen LogP contribution in [0, 0.1) is 11.8 Å². The van der Waals surface area contributed by atoms with Gasteiger partial charge in [-0.3, -0.25) is 9.63 Å². The topological polar surface area (TPSA) is 49.8 Å². The first-order valence-corrected chi connectivity index (χ1v) is 6.41. The fourth-order valence-corrected chi connectivity index (χ4v) is 2.99. The van der Waals surface area contributed by atoms with E-state index in [1.165, 1.54) is 5.56 Å². The summed E-state index contributed by atoms with van der Waals surface area (Å²) >= 11 is 0. The first kappa shape index (κ1) is 11.7. The molecule has 1 aromatic rings. The molecule has 1 aliphatic carbocycles. The lowest BCUT2D eigenvalue weighted by Gasteiger charge is -2.17. The zero-order valence-electron chi connectivity index (χ0n) is 10.2. The molecule has 1 aromatic carbocycles. The van der Waals surface area contributed by atoms with Gasteiger partial charge in [-0.05, 0) is 18.4 Å². The minimum Gasteiger partial charge on any atom is -0.481 e. The van der Waals surface area contributed by atoms with Gasteiger partial charge in [-0.1, -0.05) is 30.3 Å². The molecular formula is C14H17NO3. The van der Waals surface area contributed by atoms with Crippen molar-refractivity contribution in [2.75, 3.05) is 6.54 Å². The average Bonchev–Trinajstić information content (AvgIpc) is 2.88. The Labute approximate surface area is 106 Å². The number of carboxylic acid groups (broad SMARTS) is 1. The molecule has 2 aliphatic rings. The molecule has 96 valence electrons. The number of hydrogen-bond donors (Lipinski definition) is 1. The Morgan fingerprint density at radius 1 is 1.33 bits per heavy atom. The lowest BCUT2D eigenvalue weighted by molar-refractivity contribution is -0.159. The fourth-order valence-electron chi connectivity index (χ4n) is 2.99. The third-order valence-corrected chi connectivity index (χ3v) is 3.90. The largest absolute Gasteiger partial charge is 0.481 e. The third-order valence-electron chi connectivity index (χ3n) is 3.90. The standard InChI is InChI=1S/C14H17NO3/c16-14(17)11-6-12-9-15(18-13(12)7-11)8-10-4-2-1-3-5-10/h1-5,11-13H,6-9H2,(H,16,17)/t11-,12+,13+/m0/s1. The van der Waals surface area contributed by atoms with Gasteiger partial charge in [-0.15, -0.1) is 0 Å². The van der Waals surface area contributed by atoms with Crippen molar-refractivity contribution in [3.05, 3.63) is 35.9 Å². The Balaban J connectivity index is 1.57.